The molecule has 1 saturated heterocycles. The Labute approximate surface area is 177 Å². The number of amides is 2. The number of benzene rings is 2. The zero-order valence-corrected chi connectivity index (χ0v) is 17.3. The molecule has 1 atom stereocenters. The van der Waals surface area contributed by atoms with Gasteiger partial charge in [0.1, 0.15) is 5.01 Å². The Morgan fingerprint density at radius 3 is 2.60 bits per heavy atom. The predicted molar refractivity (Wildman–Crippen MR) is 114 cm³/mol. The number of rotatable bonds is 6. The van der Waals surface area contributed by atoms with Crippen LogP contribution in [0.4, 0.5) is 10.8 Å². The minimum absolute atomic E-state index is 0.0531. The Balaban J connectivity index is 1.45. The average molecular weight is 424 g/mol. The van der Waals surface area contributed by atoms with Gasteiger partial charge in [-0.25, -0.2) is 0 Å². The molecule has 1 aliphatic heterocycles. The third-order valence-electron chi connectivity index (χ3n) is 4.85. The fraction of sp³-hybridized carbons (Fsp3) is 0.238. The first-order chi connectivity index (χ1) is 14.6. The highest BCUT2D eigenvalue weighted by molar-refractivity contribution is 7.15. The molecule has 2 heterocycles. The lowest BCUT2D eigenvalue weighted by atomic mass is 10.1. The Bertz CT molecular complexity index is 1070. The summed E-state index contributed by atoms with van der Waals surface area (Å²) in [6.45, 7) is 0.543. The van der Waals surface area contributed by atoms with Gasteiger partial charge in [0.05, 0.1) is 14.2 Å². The van der Waals surface area contributed by atoms with Gasteiger partial charge < -0.3 is 14.4 Å². The van der Waals surface area contributed by atoms with Crippen LogP contribution in [0.3, 0.4) is 0 Å². The van der Waals surface area contributed by atoms with E-state index in [1.165, 1.54) is 25.6 Å². The fourth-order valence-corrected chi connectivity index (χ4v) is 4.16. The Morgan fingerprint density at radius 1 is 1.10 bits per heavy atom. The fourth-order valence-electron chi connectivity index (χ4n) is 3.33. The maximum atomic E-state index is 12.6. The molecule has 0 bridgehead atoms. The van der Waals surface area contributed by atoms with Crippen molar-refractivity contribution in [2.75, 3.05) is 31.0 Å². The molecular weight excluding hydrogens is 404 g/mol. The molecule has 0 radical (unpaired) electrons. The van der Waals surface area contributed by atoms with Crippen molar-refractivity contribution < 1.29 is 19.1 Å². The molecule has 1 unspecified atom stereocenters. The monoisotopic (exact) mass is 424 g/mol. The van der Waals surface area contributed by atoms with E-state index in [1.807, 2.05) is 30.3 Å². The maximum absolute atomic E-state index is 12.6. The number of nitrogens with zero attached hydrogens (tertiary/aromatic N) is 3. The van der Waals surface area contributed by atoms with Crippen molar-refractivity contribution in [2.24, 2.45) is 0 Å². The number of aromatic nitrogens is 2. The van der Waals surface area contributed by atoms with Crippen LogP contribution in [0, 0.1) is 0 Å². The first kappa shape index (κ1) is 19.8. The molecule has 0 saturated carbocycles. The van der Waals surface area contributed by atoms with Crippen LogP contribution >= 0.6 is 11.3 Å². The minimum atomic E-state index is -0.327. The number of carbonyl (C=O) groups is 2. The Hall–Kier alpha value is -3.46. The minimum Gasteiger partial charge on any atom is -0.493 e. The van der Waals surface area contributed by atoms with Gasteiger partial charge in [0.15, 0.2) is 11.5 Å². The molecule has 1 N–H and O–H groups in total. The molecule has 4 rings (SSSR count). The lowest BCUT2D eigenvalue weighted by molar-refractivity contribution is -0.117. The summed E-state index contributed by atoms with van der Waals surface area (Å²) >= 11 is 1.28. The smallest absolute Gasteiger partial charge is 0.257 e. The summed E-state index contributed by atoms with van der Waals surface area (Å²) in [7, 11) is 3.05. The number of hydrogen-bond donors (Lipinski definition) is 1. The number of para-hydroxylation sites is 1. The molecule has 154 valence electrons. The average Bonchev–Trinajstić information content (AvgIpc) is 3.40. The van der Waals surface area contributed by atoms with Crippen LogP contribution in [-0.2, 0) is 4.79 Å². The molecule has 0 spiro atoms. The highest BCUT2D eigenvalue weighted by Gasteiger charge is 2.33. The van der Waals surface area contributed by atoms with Crippen LogP contribution in [0.5, 0.6) is 11.5 Å². The normalized spacial score (nSPS) is 15.9. The highest BCUT2D eigenvalue weighted by Crippen LogP contribution is 2.34. The summed E-state index contributed by atoms with van der Waals surface area (Å²) in [6, 6.07) is 14.5. The number of nitrogens with one attached hydrogen (secondary N) is 1. The Kier molecular flexibility index (Phi) is 5.62. The Morgan fingerprint density at radius 2 is 1.87 bits per heavy atom. The van der Waals surface area contributed by atoms with Gasteiger partial charge in [0.25, 0.3) is 5.91 Å². The van der Waals surface area contributed by atoms with Crippen molar-refractivity contribution in [3.05, 3.63) is 59.1 Å². The molecule has 30 heavy (non-hydrogen) atoms. The summed E-state index contributed by atoms with van der Waals surface area (Å²) < 4.78 is 10.4. The lowest BCUT2D eigenvalue weighted by Gasteiger charge is -2.15. The summed E-state index contributed by atoms with van der Waals surface area (Å²) in [6.07, 6.45) is 0.368. The first-order valence-electron chi connectivity index (χ1n) is 9.31. The van der Waals surface area contributed by atoms with E-state index in [4.69, 9.17) is 9.47 Å². The van der Waals surface area contributed by atoms with E-state index in [9.17, 15) is 9.59 Å². The van der Waals surface area contributed by atoms with Gasteiger partial charge in [-0.3, -0.25) is 14.9 Å². The van der Waals surface area contributed by atoms with Gasteiger partial charge in [-0.2, -0.15) is 0 Å². The predicted octanol–water partition coefficient (Wildman–Crippen LogP) is 3.33. The van der Waals surface area contributed by atoms with E-state index < -0.39 is 0 Å². The van der Waals surface area contributed by atoms with Crippen LogP contribution in [0.1, 0.15) is 27.7 Å². The van der Waals surface area contributed by atoms with Gasteiger partial charge in [-0.1, -0.05) is 29.5 Å². The second kappa shape index (κ2) is 8.50. The number of hydrogen-bond acceptors (Lipinski definition) is 7. The van der Waals surface area contributed by atoms with Crippen LogP contribution < -0.4 is 19.7 Å². The molecule has 8 nitrogen and oxygen atoms in total. The van der Waals surface area contributed by atoms with Crippen LogP contribution in [0.15, 0.2) is 48.5 Å². The zero-order valence-electron chi connectivity index (χ0n) is 16.5. The largest absolute Gasteiger partial charge is 0.493 e. The molecule has 0 aliphatic carbocycles. The van der Waals surface area contributed by atoms with Crippen molar-refractivity contribution in [3.63, 3.8) is 0 Å². The van der Waals surface area contributed by atoms with Crippen molar-refractivity contribution in [3.8, 4) is 11.5 Å². The van der Waals surface area contributed by atoms with Gasteiger partial charge in [-0.05, 0) is 30.3 Å². The summed E-state index contributed by atoms with van der Waals surface area (Å²) in [5.74, 6) is 0.681. The van der Waals surface area contributed by atoms with Gasteiger partial charge in [0.2, 0.25) is 11.0 Å². The molecule has 9 heteroatoms. The van der Waals surface area contributed by atoms with Crippen LogP contribution in [0.25, 0.3) is 0 Å². The van der Waals surface area contributed by atoms with E-state index >= 15 is 0 Å². The van der Waals surface area contributed by atoms with Crippen molar-refractivity contribution in [2.45, 2.75) is 12.3 Å². The summed E-state index contributed by atoms with van der Waals surface area (Å²) in [5.41, 5.74) is 1.28. The molecular formula is C21H20N4O4S. The molecule has 1 fully saturated rings. The van der Waals surface area contributed by atoms with E-state index in [1.54, 1.807) is 23.1 Å². The lowest BCUT2D eigenvalue weighted by Crippen LogP contribution is -2.24. The van der Waals surface area contributed by atoms with Crippen LogP contribution in [-0.4, -0.2) is 42.8 Å². The van der Waals surface area contributed by atoms with E-state index in [0.717, 1.165) is 10.7 Å². The van der Waals surface area contributed by atoms with Gasteiger partial charge in [-0.15, -0.1) is 10.2 Å². The molecule has 2 aromatic carbocycles. The van der Waals surface area contributed by atoms with Crippen LogP contribution in [0.2, 0.25) is 0 Å². The molecule has 3 aromatic rings. The van der Waals surface area contributed by atoms with Crippen molar-refractivity contribution >= 4 is 34.0 Å². The zero-order chi connectivity index (χ0) is 21.1. The standard InChI is InChI=1S/C21H20N4O4S/c1-28-16-9-8-13(10-17(16)29-2)19(27)22-21-24-23-20(30-21)14-11-18(26)25(12-14)15-6-4-3-5-7-15/h3-10,14H,11-12H2,1-2H3,(H,22,24,27). The molecule has 1 aliphatic rings. The summed E-state index contributed by atoms with van der Waals surface area (Å²) in [5, 5.41) is 12.1. The molecule has 2 amide bonds. The second-order valence-electron chi connectivity index (χ2n) is 6.71. The number of ether oxygens (including phenoxy) is 2. The van der Waals surface area contributed by atoms with Gasteiger partial charge in [0, 0.05) is 30.1 Å². The highest BCUT2D eigenvalue weighted by atomic mass is 32.1. The van der Waals surface area contributed by atoms with E-state index in [0.29, 0.717) is 35.2 Å². The quantitative estimate of drug-likeness (QED) is 0.652. The van der Waals surface area contributed by atoms with E-state index in [2.05, 4.69) is 15.5 Å². The number of anilines is 2. The number of carbonyl (C=O) groups excluding carboxylic acids is 2. The topological polar surface area (TPSA) is 93.7 Å². The third kappa shape index (κ3) is 3.97. The molecule has 1 aromatic heterocycles. The summed E-state index contributed by atoms with van der Waals surface area (Å²) in [4.78, 5) is 26.8. The second-order valence-corrected chi connectivity index (χ2v) is 7.72. The third-order valence-corrected chi connectivity index (χ3v) is 5.85. The maximum Gasteiger partial charge on any atom is 0.257 e. The van der Waals surface area contributed by atoms with Crippen molar-refractivity contribution in [1.82, 2.24) is 10.2 Å². The first-order valence-corrected chi connectivity index (χ1v) is 10.1. The van der Waals surface area contributed by atoms with Crippen molar-refractivity contribution in [1.29, 1.82) is 0 Å². The van der Waals surface area contributed by atoms with Gasteiger partial charge >= 0.3 is 0 Å². The number of methoxy groups -OCH3 is 2. The SMILES string of the molecule is COc1ccc(C(=O)Nc2nnc(C3CC(=O)N(c4ccccc4)C3)s2)cc1OC. The van der Waals surface area contributed by atoms with E-state index in [-0.39, 0.29) is 17.7 Å².